The molecular formula is C18H24N2O. The quantitative estimate of drug-likeness (QED) is 0.917. The molecule has 0 spiro atoms. The molecule has 0 saturated carbocycles. The Morgan fingerprint density at radius 1 is 1.24 bits per heavy atom. The highest BCUT2D eigenvalue weighted by molar-refractivity contribution is 5.80. The van der Waals surface area contributed by atoms with Crippen LogP contribution in [0.4, 0.5) is 0 Å². The number of likely N-dealkylation sites (tertiary alicyclic amines) is 1. The Balaban J connectivity index is 1.96. The number of aromatic amines is 1. The van der Waals surface area contributed by atoms with E-state index in [2.05, 4.69) is 16.8 Å². The van der Waals surface area contributed by atoms with Crippen LogP contribution in [0.5, 0.6) is 0 Å². The Kier molecular flexibility index (Phi) is 3.85. The Hall–Kier alpha value is -1.61. The second-order valence-electron chi connectivity index (χ2n) is 6.57. The molecule has 112 valence electrons. The molecule has 0 unspecified atom stereocenters. The molecule has 1 aliphatic rings. The van der Waals surface area contributed by atoms with Gasteiger partial charge >= 0.3 is 0 Å². The lowest BCUT2D eigenvalue weighted by atomic mass is 9.98. The number of aryl methyl sites for hydroxylation is 2. The van der Waals surface area contributed by atoms with Crippen molar-refractivity contribution in [3.05, 3.63) is 45.2 Å². The zero-order valence-corrected chi connectivity index (χ0v) is 13.2. The molecule has 1 fully saturated rings. The van der Waals surface area contributed by atoms with E-state index in [1.807, 2.05) is 32.0 Å². The molecule has 3 nitrogen and oxygen atoms in total. The minimum absolute atomic E-state index is 0.198. The minimum atomic E-state index is 0.198. The zero-order valence-electron chi connectivity index (χ0n) is 13.2. The number of nitrogens with zero attached hydrogens (tertiary/aromatic N) is 1. The van der Waals surface area contributed by atoms with E-state index in [-0.39, 0.29) is 5.43 Å². The third kappa shape index (κ3) is 2.88. The molecule has 21 heavy (non-hydrogen) atoms. The summed E-state index contributed by atoms with van der Waals surface area (Å²) >= 11 is 0. The van der Waals surface area contributed by atoms with Crippen molar-refractivity contribution >= 4 is 10.9 Å². The van der Waals surface area contributed by atoms with Crippen LogP contribution in [0.25, 0.3) is 10.9 Å². The molecular weight excluding hydrogens is 260 g/mol. The Morgan fingerprint density at radius 3 is 2.67 bits per heavy atom. The third-order valence-corrected chi connectivity index (χ3v) is 4.73. The second-order valence-corrected chi connectivity index (χ2v) is 6.57. The fourth-order valence-corrected chi connectivity index (χ4v) is 3.20. The summed E-state index contributed by atoms with van der Waals surface area (Å²) in [6.45, 7) is 9.34. The van der Waals surface area contributed by atoms with Gasteiger partial charge in [0.15, 0.2) is 5.43 Å². The van der Waals surface area contributed by atoms with Crippen molar-refractivity contribution in [1.82, 2.24) is 9.88 Å². The van der Waals surface area contributed by atoms with E-state index < -0.39 is 0 Å². The molecule has 1 saturated heterocycles. The van der Waals surface area contributed by atoms with Gasteiger partial charge in [-0.15, -0.1) is 0 Å². The monoisotopic (exact) mass is 284 g/mol. The van der Waals surface area contributed by atoms with E-state index in [9.17, 15) is 4.79 Å². The molecule has 3 heteroatoms. The molecule has 2 heterocycles. The first-order valence-electron chi connectivity index (χ1n) is 7.89. The molecule has 1 N–H and O–H groups in total. The number of nitrogens with one attached hydrogen (secondary N) is 1. The van der Waals surface area contributed by atoms with Gasteiger partial charge in [-0.1, -0.05) is 18.6 Å². The van der Waals surface area contributed by atoms with E-state index in [0.29, 0.717) is 0 Å². The molecule has 0 aliphatic carbocycles. The number of benzene rings is 1. The highest BCUT2D eigenvalue weighted by atomic mass is 16.1. The molecule has 0 amide bonds. The number of H-pyrrole nitrogens is 1. The average Bonchev–Trinajstić information content (AvgIpc) is 2.46. The van der Waals surface area contributed by atoms with Gasteiger partial charge in [0.25, 0.3) is 0 Å². The van der Waals surface area contributed by atoms with E-state index >= 15 is 0 Å². The summed E-state index contributed by atoms with van der Waals surface area (Å²) in [4.78, 5) is 18.6. The summed E-state index contributed by atoms with van der Waals surface area (Å²) in [6.07, 6.45) is 2.48. The van der Waals surface area contributed by atoms with Gasteiger partial charge < -0.3 is 4.98 Å². The van der Waals surface area contributed by atoms with Gasteiger partial charge in [-0.2, -0.15) is 0 Å². The molecule has 0 radical (unpaired) electrons. The number of rotatable bonds is 2. The summed E-state index contributed by atoms with van der Waals surface area (Å²) in [5, 5.41) is 0.820. The number of aromatic nitrogens is 1. The first kappa shape index (κ1) is 14.3. The van der Waals surface area contributed by atoms with Crippen molar-refractivity contribution in [1.29, 1.82) is 0 Å². The van der Waals surface area contributed by atoms with Crippen LogP contribution in [-0.4, -0.2) is 23.0 Å². The molecule has 1 aromatic carbocycles. The van der Waals surface area contributed by atoms with Gasteiger partial charge in [0.1, 0.15) is 0 Å². The lowest BCUT2D eigenvalue weighted by molar-refractivity contribution is 0.184. The van der Waals surface area contributed by atoms with Crippen LogP contribution in [-0.2, 0) is 6.54 Å². The number of piperidine rings is 1. The summed E-state index contributed by atoms with van der Waals surface area (Å²) in [6, 6.07) is 6.05. The van der Waals surface area contributed by atoms with E-state index in [1.165, 1.54) is 12.8 Å². The molecule has 0 bridgehead atoms. The predicted octanol–water partition coefficient (Wildman–Crippen LogP) is 3.38. The van der Waals surface area contributed by atoms with Crippen molar-refractivity contribution in [2.24, 2.45) is 5.92 Å². The lowest BCUT2D eigenvalue weighted by Gasteiger charge is -2.30. The highest BCUT2D eigenvalue weighted by Crippen LogP contribution is 2.19. The van der Waals surface area contributed by atoms with Crippen LogP contribution < -0.4 is 5.43 Å². The number of hydrogen-bond acceptors (Lipinski definition) is 2. The van der Waals surface area contributed by atoms with Crippen LogP contribution in [0.2, 0.25) is 0 Å². The first-order valence-corrected chi connectivity index (χ1v) is 7.89. The van der Waals surface area contributed by atoms with Crippen LogP contribution in [0.3, 0.4) is 0 Å². The smallest absolute Gasteiger partial charge is 0.194 e. The maximum absolute atomic E-state index is 12.8. The lowest BCUT2D eigenvalue weighted by Crippen LogP contribution is -2.34. The Labute approximate surface area is 126 Å². The molecule has 1 aliphatic heterocycles. The molecule has 0 atom stereocenters. The summed E-state index contributed by atoms with van der Waals surface area (Å²) < 4.78 is 0. The average molecular weight is 284 g/mol. The number of hydrogen-bond donors (Lipinski definition) is 1. The second kappa shape index (κ2) is 5.64. The van der Waals surface area contributed by atoms with Gasteiger partial charge in [0.2, 0.25) is 0 Å². The minimum Gasteiger partial charge on any atom is -0.358 e. The maximum atomic E-state index is 12.8. The number of pyridine rings is 1. The van der Waals surface area contributed by atoms with Crippen molar-refractivity contribution in [3.63, 3.8) is 0 Å². The zero-order chi connectivity index (χ0) is 15.0. The summed E-state index contributed by atoms with van der Waals surface area (Å²) in [5.74, 6) is 0.819. The molecule has 1 aromatic heterocycles. The van der Waals surface area contributed by atoms with Gasteiger partial charge in [-0.05, 0) is 57.8 Å². The van der Waals surface area contributed by atoms with Crippen LogP contribution in [0.1, 0.15) is 36.6 Å². The summed E-state index contributed by atoms with van der Waals surface area (Å²) in [5.41, 5.74) is 4.22. The van der Waals surface area contributed by atoms with Crippen molar-refractivity contribution in [2.45, 2.75) is 40.2 Å². The van der Waals surface area contributed by atoms with Gasteiger partial charge in [-0.25, -0.2) is 0 Å². The maximum Gasteiger partial charge on any atom is 0.194 e. The molecule has 2 aromatic rings. The van der Waals surface area contributed by atoms with Crippen LogP contribution in [0, 0.1) is 19.8 Å². The van der Waals surface area contributed by atoms with E-state index in [4.69, 9.17) is 0 Å². The third-order valence-electron chi connectivity index (χ3n) is 4.73. The normalized spacial score (nSPS) is 17.5. The number of fused-ring (bicyclic) bond motifs is 1. The fraction of sp³-hybridized carbons (Fsp3) is 0.500. The van der Waals surface area contributed by atoms with Gasteiger partial charge in [-0.3, -0.25) is 9.69 Å². The van der Waals surface area contributed by atoms with Crippen molar-refractivity contribution in [3.8, 4) is 0 Å². The van der Waals surface area contributed by atoms with E-state index in [0.717, 1.165) is 53.3 Å². The predicted molar refractivity (Wildman–Crippen MR) is 87.7 cm³/mol. The van der Waals surface area contributed by atoms with E-state index in [1.54, 1.807) is 0 Å². The largest absolute Gasteiger partial charge is 0.358 e. The molecule has 3 rings (SSSR count). The SMILES string of the molecule is Cc1ccc2[nH]c(C)c(CN3CCC(C)CC3)c(=O)c2c1. The Morgan fingerprint density at radius 2 is 1.95 bits per heavy atom. The van der Waals surface area contributed by atoms with Crippen molar-refractivity contribution < 1.29 is 0 Å². The van der Waals surface area contributed by atoms with Crippen LogP contribution in [0.15, 0.2) is 23.0 Å². The van der Waals surface area contributed by atoms with Gasteiger partial charge in [0, 0.05) is 28.7 Å². The standard InChI is InChI=1S/C18H24N2O/c1-12-6-8-20(9-7-12)11-16-14(3)19-17-5-4-13(2)10-15(17)18(16)21/h4-5,10,12H,6-9,11H2,1-3H3,(H,19,21). The topological polar surface area (TPSA) is 36.1 Å². The Bertz CT molecular complexity index is 709. The highest BCUT2D eigenvalue weighted by Gasteiger charge is 2.18. The van der Waals surface area contributed by atoms with Gasteiger partial charge in [0.05, 0.1) is 0 Å². The van der Waals surface area contributed by atoms with Crippen molar-refractivity contribution in [2.75, 3.05) is 13.1 Å². The fourth-order valence-electron chi connectivity index (χ4n) is 3.20. The summed E-state index contributed by atoms with van der Waals surface area (Å²) in [7, 11) is 0. The first-order chi connectivity index (χ1) is 10.0. The van der Waals surface area contributed by atoms with Crippen LogP contribution >= 0.6 is 0 Å².